The lowest BCUT2D eigenvalue weighted by molar-refractivity contribution is -0.138. The third-order valence-corrected chi connectivity index (χ3v) is 5.26. The van der Waals surface area contributed by atoms with Crippen molar-refractivity contribution in [1.82, 2.24) is 0 Å². The molecule has 1 atom stereocenters. The topological polar surface area (TPSA) is 82.2 Å². The molecule has 0 aliphatic rings. The normalized spacial score (nSPS) is 11.5. The van der Waals surface area contributed by atoms with Crippen LogP contribution in [0.2, 0.25) is 0 Å². The minimum Gasteiger partial charge on any atom is -0.480 e. The van der Waals surface area contributed by atoms with Gasteiger partial charge in [0.25, 0.3) is 0 Å². The van der Waals surface area contributed by atoms with E-state index < -0.39 is 12.0 Å². The highest BCUT2D eigenvalue weighted by molar-refractivity contribution is 6.14. The summed E-state index contributed by atoms with van der Waals surface area (Å²) in [6.07, 6.45) is 0.282. The quantitative estimate of drug-likeness (QED) is 0.529. The Kier molecular flexibility index (Phi) is 7.28. The van der Waals surface area contributed by atoms with Crippen LogP contribution >= 0.6 is 0 Å². The number of carboxylic acid groups (broad SMARTS) is 1. The van der Waals surface area contributed by atoms with Crippen molar-refractivity contribution in [3.8, 4) is 0 Å². The lowest BCUT2D eigenvalue weighted by Crippen LogP contribution is -2.32. The molecule has 0 heterocycles. The fourth-order valence-electron chi connectivity index (χ4n) is 3.31. The number of hydrogen-bond donors (Lipinski definition) is 2. The molecule has 0 saturated carbocycles. The van der Waals surface area contributed by atoms with Crippen molar-refractivity contribution in [2.24, 2.45) is 10.7 Å². The van der Waals surface area contributed by atoms with E-state index in [9.17, 15) is 4.79 Å². The second-order valence-electron chi connectivity index (χ2n) is 8.16. The average molecular weight is 431 g/mol. The third kappa shape index (κ3) is 5.74. The summed E-state index contributed by atoms with van der Waals surface area (Å²) in [4.78, 5) is 20.1. The highest BCUT2D eigenvalue weighted by atomic mass is 16.4. The Labute approximate surface area is 189 Å². The van der Waals surface area contributed by atoms with Crippen LogP contribution in [0.3, 0.4) is 0 Å². The Morgan fingerprint density at radius 1 is 0.812 bits per heavy atom. The lowest BCUT2D eigenvalue weighted by atomic mass is 10.0. The van der Waals surface area contributed by atoms with Crippen LogP contribution in [0.5, 0.6) is 0 Å². The molecule has 0 amide bonds. The molecule has 0 unspecified atom stereocenters. The van der Waals surface area contributed by atoms with E-state index in [0.29, 0.717) is 0 Å². The number of rotatable bonds is 8. The first-order valence-electron chi connectivity index (χ1n) is 10.5. The maximum atomic E-state index is 11.0. The van der Waals surface area contributed by atoms with Gasteiger partial charge in [-0.2, -0.15) is 0 Å². The molecule has 0 radical (unpaired) electrons. The van der Waals surface area contributed by atoms with E-state index in [1.165, 1.54) is 0 Å². The van der Waals surface area contributed by atoms with E-state index >= 15 is 0 Å². The number of aliphatic carboxylic acids is 1. The lowest BCUT2D eigenvalue weighted by Gasteiger charge is -2.15. The zero-order valence-electron chi connectivity index (χ0n) is 19.0. The van der Waals surface area contributed by atoms with E-state index in [1.807, 2.05) is 52.5 Å². The molecule has 0 spiro atoms. The SMILES string of the molecule is CN(C)c1ccc(C(=Nc2ccc(C[C@@H](N)C(=O)O)cc2)c2ccc(N(C)C)cc2)cc1. The number of benzene rings is 3. The first kappa shape index (κ1) is 23.0. The summed E-state index contributed by atoms with van der Waals surface area (Å²) < 4.78 is 0. The highest BCUT2D eigenvalue weighted by Gasteiger charge is 2.12. The molecule has 0 aliphatic carbocycles. The minimum absolute atomic E-state index is 0.282. The summed E-state index contributed by atoms with van der Waals surface area (Å²) in [7, 11) is 8.06. The summed E-state index contributed by atoms with van der Waals surface area (Å²) in [5.74, 6) is -1.00. The molecule has 3 rings (SSSR count). The molecular formula is C26H30N4O2. The van der Waals surface area contributed by atoms with Gasteiger partial charge in [0, 0.05) is 50.7 Å². The highest BCUT2D eigenvalue weighted by Crippen LogP contribution is 2.23. The van der Waals surface area contributed by atoms with Crippen molar-refractivity contribution < 1.29 is 9.90 Å². The van der Waals surface area contributed by atoms with E-state index in [-0.39, 0.29) is 6.42 Å². The Balaban J connectivity index is 1.98. The second-order valence-corrected chi connectivity index (χ2v) is 8.16. The molecule has 3 aromatic rings. The van der Waals surface area contributed by atoms with Gasteiger partial charge in [-0.1, -0.05) is 36.4 Å². The largest absolute Gasteiger partial charge is 0.480 e. The Morgan fingerprint density at radius 3 is 1.62 bits per heavy atom. The Bertz CT molecular complexity index is 1020. The molecule has 0 fully saturated rings. The molecule has 0 aliphatic heterocycles. The van der Waals surface area contributed by atoms with Crippen molar-refractivity contribution in [2.75, 3.05) is 38.0 Å². The maximum Gasteiger partial charge on any atom is 0.320 e. The number of nitrogens with two attached hydrogens (primary N) is 1. The van der Waals surface area contributed by atoms with Crippen LogP contribution in [0.25, 0.3) is 0 Å². The van der Waals surface area contributed by atoms with Gasteiger partial charge in [-0.15, -0.1) is 0 Å². The van der Waals surface area contributed by atoms with Crippen molar-refractivity contribution in [3.63, 3.8) is 0 Å². The average Bonchev–Trinajstić information content (AvgIpc) is 2.78. The van der Waals surface area contributed by atoms with Crippen LogP contribution in [0.15, 0.2) is 77.8 Å². The van der Waals surface area contributed by atoms with Crippen LogP contribution in [0.4, 0.5) is 17.1 Å². The molecule has 6 heteroatoms. The summed E-state index contributed by atoms with van der Waals surface area (Å²) in [6.45, 7) is 0. The maximum absolute atomic E-state index is 11.0. The molecule has 3 aromatic carbocycles. The zero-order chi connectivity index (χ0) is 23.3. The van der Waals surface area contributed by atoms with E-state index in [2.05, 4.69) is 58.3 Å². The van der Waals surface area contributed by atoms with Crippen molar-refractivity contribution in [2.45, 2.75) is 12.5 Å². The number of carbonyl (C=O) groups is 1. The van der Waals surface area contributed by atoms with Crippen LogP contribution in [-0.2, 0) is 11.2 Å². The number of nitrogens with zero attached hydrogens (tertiary/aromatic N) is 3. The van der Waals surface area contributed by atoms with Crippen LogP contribution < -0.4 is 15.5 Å². The molecule has 0 bridgehead atoms. The molecule has 166 valence electrons. The van der Waals surface area contributed by atoms with E-state index in [4.69, 9.17) is 15.8 Å². The fraction of sp³-hybridized carbons (Fsp3) is 0.231. The van der Waals surface area contributed by atoms with Gasteiger partial charge in [0.05, 0.1) is 11.4 Å². The summed E-state index contributed by atoms with van der Waals surface area (Å²) in [5.41, 5.74) is 12.5. The van der Waals surface area contributed by atoms with Crippen molar-refractivity contribution >= 4 is 28.7 Å². The van der Waals surface area contributed by atoms with Gasteiger partial charge in [-0.05, 0) is 48.4 Å². The predicted octanol–water partition coefficient (Wildman–Crippen LogP) is 3.94. The van der Waals surface area contributed by atoms with Gasteiger partial charge in [0.1, 0.15) is 6.04 Å². The molecule has 0 saturated heterocycles. The second kappa shape index (κ2) is 10.1. The number of anilines is 2. The fourth-order valence-corrected chi connectivity index (χ4v) is 3.31. The Morgan fingerprint density at radius 2 is 1.25 bits per heavy atom. The smallest absolute Gasteiger partial charge is 0.320 e. The number of aliphatic imine (C=N–C) groups is 1. The van der Waals surface area contributed by atoms with Crippen molar-refractivity contribution in [1.29, 1.82) is 0 Å². The van der Waals surface area contributed by atoms with Crippen LogP contribution in [0.1, 0.15) is 16.7 Å². The monoisotopic (exact) mass is 430 g/mol. The van der Waals surface area contributed by atoms with Gasteiger partial charge in [0.2, 0.25) is 0 Å². The Hall–Kier alpha value is -3.64. The molecular weight excluding hydrogens is 400 g/mol. The third-order valence-electron chi connectivity index (χ3n) is 5.26. The van der Waals surface area contributed by atoms with Crippen molar-refractivity contribution in [3.05, 3.63) is 89.5 Å². The van der Waals surface area contributed by atoms with Crippen LogP contribution in [-0.4, -0.2) is 51.0 Å². The molecule has 3 N–H and O–H groups in total. The van der Waals surface area contributed by atoms with Gasteiger partial charge in [-0.25, -0.2) is 4.99 Å². The summed E-state index contributed by atoms with van der Waals surface area (Å²) in [6, 6.07) is 23.3. The molecule has 0 aromatic heterocycles. The summed E-state index contributed by atoms with van der Waals surface area (Å²) in [5, 5.41) is 9.02. The van der Waals surface area contributed by atoms with Gasteiger partial charge in [-0.3, -0.25) is 4.79 Å². The van der Waals surface area contributed by atoms with Gasteiger partial charge >= 0.3 is 5.97 Å². The number of carboxylic acids is 1. The molecule has 6 nitrogen and oxygen atoms in total. The summed E-state index contributed by atoms with van der Waals surface area (Å²) >= 11 is 0. The standard InChI is InChI=1S/C26H30N4O2/c1-29(2)22-13-7-19(8-14-22)25(20-9-15-23(16-10-20)30(3)4)28-21-11-5-18(6-12-21)17-24(27)26(31)32/h5-16,24H,17,27H2,1-4H3,(H,31,32)/t24-/m1/s1. The first-order valence-corrected chi connectivity index (χ1v) is 10.5. The minimum atomic E-state index is -1.00. The van der Waals surface area contributed by atoms with Gasteiger partial charge in [0.15, 0.2) is 0 Å². The molecule has 32 heavy (non-hydrogen) atoms. The zero-order valence-corrected chi connectivity index (χ0v) is 19.0. The van der Waals surface area contributed by atoms with E-state index in [1.54, 1.807) is 0 Å². The van der Waals surface area contributed by atoms with Crippen LogP contribution in [0, 0.1) is 0 Å². The van der Waals surface area contributed by atoms with Gasteiger partial charge < -0.3 is 20.6 Å². The predicted molar refractivity (Wildman–Crippen MR) is 133 cm³/mol. The number of hydrogen-bond acceptors (Lipinski definition) is 5. The van der Waals surface area contributed by atoms with E-state index in [0.717, 1.165) is 39.5 Å². The first-order chi connectivity index (χ1) is 15.2.